The van der Waals surface area contributed by atoms with E-state index in [1.54, 1.807) is 6.92 Å². The largest absolute Gasteiger partial charge is 0.302 e. The van der Waals surface area contributed by atoms with Gasteiger partial charge in [-0.25, -0.2) is 0 Å². The van der Waals surface area contributed by atoms with Gasteiger partial charge in [-0.05, 0) is 32.9 Å². The van der Waals surface area contributed by atoms with Gasteiger partial charge in [-0.1, -0.05) is 0 Å². The molecule has 0 aromatic carbocycles. The third-order valence-corrected chi connectivity index (χ3v) is 2.73. The fourth-order valence-corrected chi connectivity index (χ4v) is 1.79. The average Bonchev–Trinajstić information content (AvgIpc) is 2.15. The lowest BCUT2D eigenvalue weighted by Crippen LogP contribution is -2.36. The number of piperidine rings is 1. The van der Waals surface area contributed by atoms with Crippen LogP contribution < -0.4 is 0 Å². The molecule has 0 atom stereocenters. The van der Waals surface area contributed by atoms with Gasteiger partial charge in [0.15, 0.2) is 0 Å². The Kier molecular flexibility index (Phi) is 3.98. The third-order valence-electron chi connectivity index (χ3n) is 2.73. The first-order valence-corrected chi connectivity index (χ1v) is 4.90. The van der Waals surface area contributed by atoms with Crippen molar-refractivity contribution in [2.45, 2.75) is 26.2 Å². The molecule has 0 saturated carbocycles. The minimum Gasteiger partial charge on any atom is -0.302 e. The Bertz CT molecular complexity index is 209. The van der Waals surface area contributed by atoms with Crippen LogP contribution in [0.15, 0.2) is 0 Å². The van der Waals surface area contributed by atoms with Crippen LogP contribution in [0.1, 0.15) is 26.2 Å². The molecule has 0 aliphatic carbocycles. The van der Waals surface area contributed by atoms with E-state index in [1.807, 2.05) is 0 Å². The van der Waals surface area contributed by atoms with Gasteiger partial charge in [0.1, 0.15) is 5.78 Å². The molecule has 0 radical (unpaired) electrons. The first-order valence-electron chi connectivity index (χ1n) is 4.90. The molecule has 72 valence electrons. The second-order valence-electron chi connectivity index (χ2n) is 3.68. The summed E-state index contributed by atoms with van der Waals surface area (Å²) in [6.07, 6.45) is 8.04. The Morgan fingerprint density at radius 1 is 1.54 bits per heavy atom. The van der Waals surface area contributed by atoms with Crippen molar-refractivity contribution in [1.29, 1.82) is 0 Å². The van der Waals surface area contributed by atoms with E-state index in [9.17, 15) is 4.79 Å². The van der Waals surface area contributed by atoms with Crippen LogP contribution in [0.2, 0.25) is 0 Å². The fraction of sp³-hybridized carbons (Fsp3) is 0.727. The zero-order valence-electron chi connectivity index (χ0n) is 8.25. The van der Waals surface area contributed by atoms with E-state index in [4.69, 9.17) is 6.42 Å². The molecule has 0 N–H and O–H groups in total. The Balaban J connectivity index is 2.23. The van der Waals surface area contributed by atoms with Gasteiger partial charge in [0.25, 0.3) is 0 Å². The molecule has 2 heteroatoms. The van der Waals surface area contributed by atoms with Gasteiger partial charge in [0, 0.05) is 18.9 Å². The van der Waals surface area contributed by atoms with Gasteiger partial charge in [0.2, 0.25) is 0 Å². The average molecular weight is 179 g/mol. The number of hydrogen-bond acceptors (Lipinski definition) is 2. The van der Waals surface area contributed by atoms with Crippen molar-refractivity contribution in [2.75, 3.05) is 19.6 Å². The maximum absolute atomic E-state index is 11.1. The van der Waals surface area contributed by atoms with E-state index >= 15 is 0 Å². The summed E-state index contributed by atoms with van der Waals surface area (Å²) in [6.45, 7) is 4.75. The van der Waals surface area contributed by atoms with E-state index in [2.05, 4.69) is 10.8 Å². The van der Waals surface area contributed by atoms with Crippen molar-refractivity contribution in [1.82, 2.24) is 4.90 Å². The first kappa shape index (κ1) is 10.3. The molecule has 1 aliphatic rings. The minimum atomic E-state index is 0.307. The van der Waals surface area contributed by atoms with Crippen molar-refractivity contribution in [3.63, 3.8) is 0 Å². The van der Waals surface area contributed by atoms with Gasteiger partial charge in [-0.2, -0.15) is 0 Å². The number of likely N-dealkylation sites (tertiary alicyclic amines) is 1. The van der Waals surface area contributed by atoms with Crippen LogP contribution in [0, 0.1) is 18.3 Å². The van der Waals surface area contributed by atoms with E-state index < -0.39 is 0 Å². The Morgan fingerprint density at radius 2 is 2.15 bits per heavy atom. The van der Waals surface area contributed by atoms with Crippen molar-refractivity contribution in [2.24, 2.45) is 5.92 Å². The van der Waals surface area contributed by atoms with Gasteiger partial charge >= 0.3 is 0 Å². The summed E-state index contributed by atoms with van der Waals surface area (Å²) >= 11 is 0. The number of terminal acetylenes is 1. The van der Waals surface area contributed by atoms with Crippen LogP contribution >= 0.6 is 0 Å². The van der Waals surface area contributed by atoms with E-state index in [0.717, 1.165) is 38.9 Å². The number of nitrogens with zero attached hydrogens (tertiary/aromatic N) is 1. The van der Waals surface area contributed by atoms with E-state index in [1.165, 1.54) is 0 Å². The summed E-state index contributed by atoms with van der Waals surface area (Å²) in [6, 6.07) is 0. The molecule has 13 heavy (non-hydrogen) atoms. The highest BCUT2D eigenvalue weighted by Gasteiger charge is 2.21. The Hall–Kier alpha value is -0.810. The summed E-state index contributed by atoms with van der Waals surface area (Å²) < 4.78 is 0. The lowest BCUT2D eigenvalue weighted by atomic mass is 9.93. The molecule has 1 heterocycles. The fourth-order valence-electron chi connectivity index (χ4n) is 1.79. The number of hydrogen-bond donors (Lipinski definition) is 0. The topological polar surface area (TPSA) is 20.3 Å². The summed E-state index contributed by atoms with van der Waals surface area (Å²) in [5.74, 6) is 3.29. The summed E-state index contributed by atoms with van der Waals surface area (Å²) in [4.78, 5) is 13.4. The Morgan fingerprint density at radius 3 is 2.62 bits per heavy atom. The molecule has 0 spiro atoms. The Labute approximate surface area is 80.3 Å². The number of rotatable bonds is 3. The van der Waals surface area contributed by atoms with Crippen LogP contribution in [0.4, 0.5) is 0 Å². The van der Waals surface area contributed by atoms with E-state index in [-0.39, 0.29) is 0 Å². The molecule has 1 fully saturated rings. The number of Topliss-reactive ketones (excluding diaryl/α,β-unsaturated/α-hetero) is 1. The zero-order valence-corrected chi connectivity index (χ0v) is 8.25. The van der Waals surface area contributed by atoms with Gasteiger partial charge in [0.05, 0.1) is 0 Å². The molecule has 1 saturated heterocycles. The predicted octanol–water partition coefficient (Wildman–Crippen LogP) is 1.31. The minimum absolute atomic E-state index is 0.307. The van der Waals surface area contributed by atoms with Crippen molar-refractivity contribution < 1.29 is 4.79 Å². The smallest absolute Gasteiger partial charge is 0.133 e. The lowest BCUT2D eigenvalue weighted by molar-refractivity contribution is -0.122. The second-order valence-corrected chi connectivity index (χ2v) is 3.68. The van der Waals surface area contributed by atoms with E-state index in [0.29, 0.717) is 11.7 Å². The third kappa shape index (κ3) is 3.20. The highest BCUT2D eigenvalue weighted by atomic mass is 16.1. The SMILES string of the molecule is C#CCCN1CCC(C(C)=O)CC1. The molecule has 1 rings (SSSR count). The van der Waals surface area contributed by atoms with Crippen LogP contribution in [0.25, 0.3) is 0 Å². The van der Waals surface area contributed by atoms with Gasteiger partial charge in [-0.15, -0.1) is 12.3 Å². The molecule has 0 amide bonds. The molecule has 0 aromatic heterocycles. The maximum atomic E-state index is 11.1. The zero-order chi connectivity index (χ0) is 9.68. The first-order chi connectivity index (χ1) is 6.24. The maximum Gasteiger partial charge on any atom is 0.133 e. The van der Waals surface area contributed by atoms with Crippen LogP contribution in [-0.2, 0) is 4.79 Å². The highest BCUT2D eigenvalue weighted by Crippen LogP contribution is 2.17. The molecular weight excluding hydrogens is 162 g/mol. The second kappa shape index (κ2) is 5.04. The van der Waals surface area contributed by atoms with Crippen LogP contribution in [-0.4, -0.2) is 30.3 Å². The highest BCUT2D eigenvalue weighted by molar-refractivity contribution is 5.78. The molecule has 0 aromatic rings. The quantitative estimate of drug-likeness (QED) is 0.609. The number of carbonyl (C=O) groups excluding carboxylic acids is 1. The standard InChI is InChI=1S/C11H17NO/c1-3-4-7-12-8-5-11(6-9-12)10(2)13/h1,11H,4-9H2,2H3. The van der Waals surface area contributed by atoms with Crippen molar-refractivity contribution >= 4 is 5.78 Å². The van der Waals surface area contributed by atoms with Crippen molar-refractivity contribution in [3.8, 4) is 12.3 Å². The van der Waals surface area contributed by atoms with Crippen LogP contribution in [0.3, 0.4) is 0 Å². The normalized spacial score (nSPS) is 19.7. The molecule has 2 nitrogen and oxygen atoms in total. The molecular formula is C11H17NO. The molecule has 1 aliphatic heterocycles. The van der Waals surface area contributed by atoms with Crippen LogP contribution in [0.5, 0.6) is 0 Å². The summed E-state index contributed by atoms with van der Waals surface area (Å²) in [5.41, 5.74) is 0. The number of ketones is 1. The lowest BCUT2D eigenvalue weighted by Gasteiger charge is -2.30. The van der Waals surface area contributed by atoms with Gasteiger partial charge < -0.3 is 4.90 Å². The van der Waals surface area contributed by atoms with Gasteiger partial charge in [-0.3, -0.25) is 4.79 Å². The predicted molar refractivity (Wildman–Crippen MR) is 53.3 cm³/mol. The van der Waals surface area contributed by atoms with Crippen molar-refractivity contribution in [3.05, 3.63) is 0 Å². The monoisotopic (exact) mass is 179 g/mol. The molecule has 0 bridgehead atoms. The molecule has 0 unspecified atom stereocenters. The number of carbonyl (C=O) groups is 1. The summed E-state index contributed by atoms with van der Waals surface area (Å²) in [7, 11) is 0. The summed E-state index contributed by atoms with van der Waals surface area (Å²) in [5, 5.41) is 0.